The van der Waals surface area contributed by atoms with Gasteiger partial charge in [0.15, 0.2) is 0 Å². The maximum atomic E-state index is 12.8. The standard InChI is InChI=1S/C21H25NO4/c1-2-26-21(24)19-13-18(19)14-22(20(23)17-10-12-25-15-17)11-6-9-16-7-4-3-5-8-16/h3-5,7-8,10,12,15,18-19H,2,6,9,11,13-14H2,1H3/t18-,19-/m1/s1. The van der Waals surface area contributed by atoms with Gasteiger partial charge >= 0.3 is 5.97 Å². The Kier molecular flexibility index (Phi) is 6.10. The van der Waals surface area contributed by atoms with Crippen molar-refractivity contribution in [2.24, 2.45) is 11.8 Å². The molecule has 26 heavy (non-hydrogen) atoms. The first-order valence-electron chi connectivity index (χ1n) is 9.21. The molecule has 0 N–H and O–H groups in total. The van der Waals surface area contributed by atoms with Crippen LogP contribution >= 0.6 is 0 Å². The molecule has 0 spiro atoms. The van der Waals surface area contributed by atoms with Crippen LogP contribution in [0.4, 0.5) is 0 Å². The van der Waals surface area contributed by atoms with Crippen molar-refractivity contribution in [2.45, 2.75) is 26.2 Å². The van der Waals surface area contributed by atoms with Crippen LogP contribution in [-0.4, -0.2) is 36.5 Å². The Balaban J connectivity index is 1.57. The number of benzene rings is 1. The largest absolute Gasteiger partial charge is 0.472 e. The molecule has 1 aromatic carbocycles. The molecule has 138 valence electrons. The van der Waals surface area contributed by atoms with Crippen molar-refractivity contribution < 1.29 is 18.7 Å². The molecule has 1 fully saturated rings. The van der Waals surface area contributed by atoms with E-state index in [0.717, 1.165) is 19.3 Å². The highest BCUT2D eigenvalue weighted by Crippen LogP contribution is 2.40. The summed E-state index contributed by atoms with van der Waals surface area (Å²) in [4.78, 5) is 26.5. The third kappa shape index (κ3) is 4.75. The van der Waals surface area contributed by atoms with E-state index in [9.17, 15) is 9.59 Å². The lowest BCUT2D eigenvalue weighted by atomic mass is 10.1. The smallest absolute Gasteiger partial charge is 0.309 e. The van der Waals surface area contributed by atoms with Gasteiger partial charge in [0, 0.05) is 13.1 Å². The minimum absolute atomic E-state index is 0.0404. The summed E-state index contributed by atoms with van der Waals surface area (Å²) < 4.78 is 10.1. The van der Waals surface area contributed by atoms with Gasteiger partial charge in [0.2, 0.25) is 0 Å². The van der Waals surface area contributed by atoms with Crippen LogP contribution in [0.15, 0.2) is 53.3 Å². The predicted molar refractivity (Wildman–Crippen MR) is 97.6 cm³/mol. The Morgan fingerprint density at radius 2 is 2.04 bits per heavy atom. The Labute approximate surface area is 153 Å². The summed E-state index contributed by atoms with van der Waals surface area (Å²) in [6.45, 7) is 3.46. The maximum Gasteiger partial charge on any atom is 0.309 e. The number of ether oxygens (including phenoxy) is 1. The number of amides is 1. The zero-order valence-electron chi connectivity index (χ0n) is 15.1. The number of rotatable bonds is 9. The lowest BCUT2D eigenvalue weighted by molar-refractivity contribution is -0.145. The van der Waals surface area contributed by atoms with E-state index in [4.69, 9.17) is 9.15 Å². The maximum absolute atomic E-state index is 12.8. The predicted octanol–water partition coefficient (Wildman–Crippen LogP) is 3.55. The number of nitrogens with zero attached hydrogens (tertiary/aromatic N) is 1. The van der Waals surface area contributed by atoms with Crippen LogP contribution in [0.1, 0.15) is 35.7 Å². The molecule has 0 aliphatic heterocycles. The first kappa shape index (κ1) is 18.2. The van der Waals surface area contributed by atoms with Crippen molar-refractivity contribution in [1.29, 1.82) is 0 Å². The Morgan fingerprint density at radius 1 is 1.23 bits per heavy atom. The van der Waals surface area contributed by atoms with E-state index >= 15 is 0 Å². The van der Waals surface area contributed by atoms with E-state index < -0.39 is 0 Å². The summed E-state index contributed by atoms with van der Waals surface area (Å²) in [5, 5.41) is 0. The highest BCUT2D eigenvalue weighted by molar-refractivity contribution is 5.93. The monoisotopic (exact) mass is 355 g/mol. The lowest BCUT2D eigenvalue weighted by Crippen LogP contribution is -2.34. The van der Waals surface area contributed by atoms with E-state index in [-0.39, 0.29) is 23.7 Å². The van der Waals surface area contributed by atoms with Gasteiger partial charge in [0.25, 0.3) is 5.91 Å². The van der Waals surface area contributed by atoms with Crippen LogP contribution in [0.2, 0.25) is 0 Å². The van der Waals surface area contributed by atoms with Crippen LogP contribution in [-0.2, 0) is 16.0 Å². The van der Waals surface area contributed by atoms with Crippen molar-refractivity contribution in [2.75, 3.05) is 19.7 Å². The lowest BCUT2D eigenvalue weighted by Gasteiger charge is -2.22. The molecule has 5 heteroatoms. The number of hydrogen-bond acceptors (Lipinski definition) is 4. The third-order valence-electron chi connectivity index (χ3n) is 4.76. The first-order chi connectivity index (χ1) is 12.7. The quantitative estimate of drug-likeness (QED) is 0.646. The van der Waals surface area contributed by atoms with Gasteiger partial charge in [-0.3, -0.25) is 9.59 Å². The average Bonchev–Trinajstić information content (AvgIpc) is 3.21. The molecule has 1 aliphatic rings. The molecular formula is C21H25NO4. The number of hydrogen-bond donors (Lipinski definition) is 0. The summed E-state index contributed by atoms with van der Waals surface area (Å²) in [6, 6.07) is 11.9. The van der Waals surface area contributed by atoms with Gasteiger partial charge in [-0.2, -0.15) is 0 Å². The number of carbonyl (C=O) groups excluding carboxylic acids is 2. The summed E-state index contributed by atoms with van der Waals surface area (Å²) >= 11 is 0. The normalized spacial score (nSPS) is 18.3. The topological polar surface area (TPSA) is 59.8 Å². The summed E-state index contributed by atoms with van der Waals surface area (Å²) in [5.74, 6) is -0.0517. The molecular weight excluding hydrogens is 330 g/mol. The van der Waals surface area contributed by atoms with Crippen LogP contribution in [0, 0.1) is 11.8 Å². The van der Waals surface area contributed by atoms with Gasteiger partial charge in [-0.1, -0.05) is 30.3 Å². The van der Waals surface area contributed by atoms with Crippen LogP contribution in [0.25, 0.3) is 0 Å². The Morgan fingerprint density at radius 3 is 2.73 bits per heavy atom. The first-order valence-corrected chi connectivity index (χ1v) is 9.21. The van der Waals surface area contributed by atoms with Crippen molar-refractivity contribution >= 4 is 11.9 Å². The molecule has 2 atom stereocenters. The highest BCUT2D eigenvalue weighted by atomic mass is 16.5. The molecule has 1 aliphatic carbocycles. The van der Waals surface area contributed by atoms with E-state index in [1.165, 1.54) is 18.1 Å². The summed E-state index contributed by atoms with van der Waals surface area (Å²) in [7, 11) is 0. The fourth-order valence-corrected chi connectivity index (χ4v) is 3.23. The van der Waals surface area contributed by atoms with Gasteiger partial charge in [-0.05, 0) is 43.7 Å². The second-order valence-electron chi connectivity index (χ2n) is 6.71. The zero-order chi connectivity index (χ0) is 18.4. The molecule has 1 saturated carbocycles. The number of furan rings is 1. The van der Waals surface area contributed by atoms with Crippen molar-refractivity contribution in [3.05, 3.63) is 60.1 Å². The molecule has 5 nitrogen and oxygen atoms in total. The molecule has 0 unspecified atom stereocenters. The van der Waals surface area contributed by atoms with Gasteiger partial charge in [-0.15, -0.1) is 0 Å². The van der Waals surface area contributed by atoms with Crippen molar-refractivity contribution in [3.8, 4) is 0 Å². The van der Waals surface area contributed by atoms with E-state index in [0.29, 0.717) is 25.3 Å². The Bertz CT molecular complexity index is 711. The van der Waals surface area contributed by atoms with E-state index in [1.54, 1.807) is 6.07 Å². The zero-order valence-corrected chi connectivity index (χ0v) is 15.1. The number of carbonyl (C=O) groups is 2. The van der Waals surface area contributed by atoms with Gasteiger partial charge < -0.3 is 14.1 Å². The third-order valence-corrected chi connectivity index (χ3v) is 4.76. The number of aryl methyl sites for hydroxylation is 1. The van der Waals surface area contributed by atoms with Gasteiger partial charge in [0.1, 0.15) is 6.26 Å². The molecule has 1 amide bonds. The molecule has 1 aromatic heterocycles. The molecule has 0 radical (unpaired) electrons. The fraction of sp³-hybridized carbons (Fsp3) is 0.429. The van der Waals surface area contributed by atoms with E-state index in [1.807, 2.05) is 30.0 Å². The van der Waals surface area contributed by atoms with Crippen LogP contribution in [0.5, 0.6) is 0 Å². The molecule has 1 heterocycles. The van der Waals surface area contributed by atoms with Crippen LogP contribution in [0.3, 0.4) is 0 Å². The van der Waals surface area contributed by atoms with Crippen LogP contribution < -0.4 is 0 Å². The number of esters is 1. The molecule has 0 bridgehead atoms. The van der Waals surface area contributed by atoms with Crippen molar-refractivity contribution in [3.63, 3.8) is 0 Å². The summed E-state index contributed by atoms with van der Waals surface area (Å²) in [6.07, 6.45) is 5.58. The van der Waals surface area contributed by atoms with Gasteiger partial charge in [0.05, 0.1) is 24.4 Å². The van der Waals surface area contributed by atoms with E-state index in [2.05, 4.69) is 12.1 Å². The molecule has 0 saturated heterocycles. The minimum Gasteiger partial charge on any atom is -0.472 e. The fourth-order valence-electron chi connectivity index (χ4n) is 3.23. The minimum atomic E-state index is -0.141. The average molecular weight is 355 g/mol. The second kappa shape index (κ2) is 8.70. The molecule has 3 rings (SSSR count). The summed E-state index contributed by atoms with van der Waals surface area (Å²) in [5.41, 5.74) is 1.82. The SMILES string of the molecule is CCOC(=O)[C@@H]1C[C@@H]1CN(CCCc1ccccc1)C(=O)c1ccoc1. The van der Waals surface area contributed by atoms with Crippen molar-refractivity contribution in [1.82, 2.24) is 4.90 Å². The second-order valence-corrected chi connectivity index (χ2v) is 6.71. The molecule has 2 aromatic rings. The Hall–Kier alpha value is -2.56. The van der Waals surface area contributed by atoms with Gasteiger partial charge in [-0.25, -0.2) is 0 Å². The highest BCUT2D eigenvalue weighted by Gasteiger charge is 2.45.